The van der Waals surface area contributed by atoms with Gasteiger partial charge in [-0.1, -0.05) is 26.0 Å². The molecule has 182 valence electrons. The second-order valence-electron chi connectivity index (χ2n) is 9.30. The molecule has 2 aromatic rings. The van der Waals surface area contributed by atoms with E-state index in [0.29, 0.717) is 29.8 Å². The number of carbonyl (C=O) groups excluding carboxylic acids is 1. The number of ether oxygens (including phenoxy) is 1. The van der Waals surface area contributed by atoms with Crippen molar-refractivity contribution < 1.29 is 22.7 Å². The van der Waals surface area contributed by atoms with E-state index in [0.717, 1.165) is 10.5 Å². The fourth-order valence-corrected chi connectivity index (χ4v) is 5.14. The zero-order chi connectivity index (χ0) is 25.5. The second-order valence-corrected chi connectivity index (χ2v) is 10.2. The summed E-state index contributed by atoms with van der Waals surface area (Å²) in [6.45, 7) is 3.96. The van der Waals surface area contributed by atoms with Crippen LogP contribution in [0, 0.1) is 16.7 Å². The Bertz CT molecular complexity index is 1260. The Balaban J connectivity index is 1.88. The molecule has 1 aliphatic carbocycles. The number of thioether (sulfide) groups is 1. The van der Waals surface area contributed by atoms with Gasteiger partial charge < -0.3 is 10.5 Å². The molecule has 1 heterocycles. The summed E-state index contributed by atoms with van der Waals surface area (Å²) in [5.74, 6) is -0.904. The topological polar surface area (TPSA) is 79.3 Å². The summed E-state index contributed by atoms with van der Waals surface area (Å²) >= 11 is 1.59. The number of halogens is 3. The fourth-order valence-electron chi connectivity index (χ4n) is 4.73. The van der Waals surface area contributed by atoms with E-state index in [9.17, 15) is 23.2 Å². The largest absolute Gasteiger partial charge is 0.573 e. The first-order valence-corrected chi connectivity index (χ1v) is 12.1. The third-order valence-corrected chi connectivity index (χ3v) is 6.90. The van der Waals surface area contributed by atoms with Gasteiger partial charge in [0.05, 0.1) is 17.6 Å². The molecule has 0 bridgehead atoms. The minimum absolute atomic E-state index is 0.0718. The van der Waals surface area contributed by atoms with Crippen molar-refractivity contribution in [2.24, 2.45) is 11.1 Å². The van der Waals surface area contributed by atoms with Crippen LogP contribution >= 0.6 is 11.8 Å². The molecule has 0 aromatic heterocycles. The Hall–Kier alpha value is -3.38. The van der Waals surface area contributed by atoms with Crippen molar-refractivity contribution in [3.8, 4) is 11.8 Å². The number of benzene rings is 2. The molecule has 9 heteroatoms. The van der Waals surface area contributed by atoms with Gasteiger partial charge in [-0.25, -0.2) is 0 Å². The van der Waals surface area contributed by atoms with E-state index in [4.69, 9.17) is 5.73 Å². The number of allylic oxidation sites excluding steroid dienone is 3. The van der Waals surface area contributed by atoms with Gasteiger partial charge in [0.2, 0.25) is 0 Å². The number of anilines is 1. The molecule has 35 heavy (non-hydrogen) atoms. The number of nitriles is 1. The number of rotatable bonds is 4. The van der Waals surface area contributed by atoms with Crippen LogP contribution < -0.4 is 15.4 Å². The van der Waals surface area contributed by atoms with Crippen molar-refractivity contribution in [1.29, 1.82) is 5.26 Å². The number of hydrogen-bond donors (Lipinski definition) is 1. The molecule has 0 radical (unpaired) electrons. The predicted octanol–water partition coefficient (Wildman–Crippen LogP) is 6.25. The smallest absolute Gasteiger partial charge is 0.406 e. The molecular formula is C26H24F3N3O2S. The molecule has 1 unspecified atom stereocenters. The first kappa shape index (κ1) is 24.7. The fraction of sp³-hybridized carbons (Fsp3) is 0.308. The van der Waals surface area contributed by atoms with Gasteiger partial charge in [0.25, 0.3) is 0 Å². The average molecular weight is 500 g/mol. The van der Waals surface area contributed by atoms with E-state index >= 15 is 0 Å². The molecule has 0 amide bonds. The molecular weight excluding hydrogens is 475 g/mol. The maximum absolute atomic E-state index is 13.5. The van der Waals surface area contributed by atoms with Gasteiger partial charge in [-0.3, -0.25) is 9.69 Å². The number of ketones is 1. The van der Waals surface area contributed by atoms with Crippen molar-refractivity contribution in [3.05, 3.63) is 76.8 Å². The summed E-state index contributed by atoms with van der Waals surface area (Å²) in [7, 11) is 0. The summed E-state index contributed by atoms with van der Waals surface area (Å²) in [5, 5.41) is 10.1. The zero-order valence-electron chi connectivity index (χ0n) is 19.4. The maximum Gasteiger partial charge on any atom is 0.573 e. The molecule has 2 aliphatic rings. The highest BCUT2D eigenvalue weighted by molar-refractivity contribution is 7.98. The van der Waals surface area contributed by atoms with Crippen molar-refractivity contribution >= 4 is 23.2 Å². The average Bonchev–Trinajstić information content (AvgIpc) is 2.77. The van der Waals surface area contributed by atoms with E-state index in [1.807, 2.05) is 44.4 Å². The first-order valence-electron chi connectivity index (χ1n) is 10.9. The predicted molar refractivity (Wildman–Crippen MR) is 128 cm³/mol. The van der Waals surface area contributed by atoms with Crippen LogP contribution in [0.1, 0.15) is 38.2 Å². The van der Waals surface area contributed by atoms with E-state index in [-0.39, 0.29) is 28.3 Å². The number of hydrogen-bond acceptors (Lipinski definition) is 6. The minimum Gasteiger partial charge on any atom is -0.406 e. The summed E-state index contributed by atoms with van der Waals surface area (Å²) < 4.78 is 41.8. The van der Waals surface area contributed by atoms with E-state index < -0.39 is 12.3 Å². The normalized spacial score (nSPS) is 20.0. The van der Waals surface area contributed by atoms with Gasteiger partial charge in [0.1, 0.15) is 11.6 Å². The van der Waals surface area contributed by atoms with Gasteiger partial charge in [-0.05, 0) is 60.1 Å². The minimum atomic E-state index is -4.81. The molecule has 4 rings (SSSR count). The Kier molecular flexibility index (Phi) is 6.36. The lowest BCUT2D eigenvalue weighted by Crippen LogP contribution is -2.42. The molecule has 0 saturated heterocycles. The highest BCUT2D eigenvalue weighted by Gasteiger charge is 2.44. The zero-order valence-corrected chi connectivity index (χ0v) is 20.3. The highest BCUT2D eigenvalue weighted by atomic mass is 32.2. The molecule has 2 N–H and O–H groups in total. The van der Waals surface area contributed by atoms with Crippen molar-refractivity contribution in [1.82, 2.24) is 0 Å². The van der Waals surface area contributed by atoms with Gasteiger partial charge in [0.15, 0.2) is 5.78 Å². The van der Waals surface area contributed by atoms with E-state index in [1.54, 1.807) is 16.7 Å². The van der Waals surface area contributed by atoms with Crippen LogP contribution in [0.25, 0.3) is 0 Å². The van der Waals surface area contributed by atoms with Crippen LogP contribution in [-0.2, 0) is 4.79 Å². The molecule has 1 atom stereocenters. The third kappa shape index (κ3) is 4.89. The Labute approximate surface area is 206 Å². The summed E-state index contributed by atoms with van der Waals surface area (Å²) in [4.78, 5) is 16.2. The Morgan fingerprint density at radius 2 is 1.74 bits per heavy atom. The van der Waals surface area contributed by atoms with E-state index in [2.05, 4.69) is 10.8 Å². The third-order valence-electron chi connectivity index (χ3n) is 6.16. The van der Waals surface area contributed by atoms with Crippen molar-refractivity contribution in [2.75, 3.05) is 11.2 Å². The van der Waals surface area contributed by atoms with Gasteiger partial charge in [-0.2, -0.15) is 5.26 Å². The Morgan fingerprint density at radius 1 is 1.11 bits per heavy atom. The highest BCUT2D eigenvalue weighted by Crippen LogP contribution is 2.50. The van der Waals surface area contributed by atoms with Crippen molar-refractivity contribution in [2.45, 2.75) is 43.9 Å². The summed E-state index contributed by atoms with van der Waals surface area (Å²) in [6, 6.07) is 15.1. The van der Waals surface area contributed by atoms with E-state index in [1.165, 1.54) is 24.3 Å². The molecule has 0 fully saturated rings. The van der Waals surface area contributed by atoms with Crippen LogP contribution in [0.4, 0.5) is 18.9 Å². The lowest BCUT2D eigenvalue weighted by molar-refractivity contribution is -0.274. The number of carbonyl (C=O) groups is 1. The first-order chi connectivity index (χ1) is 16.4. The molecule has 0 saturated carbocycles. The lowest BCUT2D eigenvalue weighted by atomic mass is 9.68. The number of alkyl halides is 3. The number of nitrogens with zero attached hydrogens (tertiary/aromatic N) is 2. The SMILES string of the molecule is CSc1ccc(C2C(C#N)=C(N)N(c3ccc(OC(F)(F)F)cc3)C3=C2C(=O)CC(C)(C)C3)cc1. The van der Waals surface area contributed by atoms with Crippen LogP contribution in [-0.4, -0.2) is 18.4 Å². The van der Waals surface area contributed by atoms with Gasteiger partial charge in [-0.15, -0.1) is 24.9 Å². The second kappa shape index (κ2) is 9.00. The number of nitrogens with two attached hydrogens (primary N) is 1. The van der Waals surface area contributed by atoms with Crippen LogP contribution in [0.15, 0.2) is 76.1 Å². The van der Waals surface area contributed by atoms with Crippen LogP contribution in [0.5, 0.6) is 5.75 Å². The summed E-state index contributed by atoms with van der Waals surface area (Å²) in [5.41, 5.74) is 8.82. The lowest BCUT2D eigenvalue weighted by Gasteiger charge is -2.43. The standard InChI is InChI=1S/C26H24F3N3O2S/c1-25(2)12-20-23(21(33)13-25)22(15-4-10-18(35-3)11-5-15)19(14-30)24(31)32(20)16-6-8-17(9-7-16)34-26(27,28)29/h4-11,22H,12-13,31H2,1-3H3. The number of Topliss-reactive ketones (excluding diaryl/α,β-unsaturated/α-hetero) is 1. The van der Waals surface area contributed by atoms with Gasteiger partial charge >= 0.3 is 6.36 Å². The van der Waals surface area contributed by atoms with Crippen LogP contribution in [0.2, 0.25) is 0 Å². The van der Waals surface area contributed by atoms with Gasteiger partial charge in [0, 0.05) is 28.3 Å². The van der Waals surface area contributed by atoms with Crippen molar-refractivity contribution in [3.63, 3.8) is 0 Å². The van der Waals surface area contributed by atoms with Crippen LogP contribution in [0.3, 0.4) is 0 Å². The molecule has 2 aromatic carbocycles. The molecule has 0 spiro atoms. The monoisotopic (exact) mass is 499 g/mol. The quantitative estimate of drug-likeness (QED) is 0.501. The molecule has 5 nitrogen and oxygen atoms in total. The Morgan fingerprint density at radius 3 is 2.29 bits per heavy atom. The summed E-state index contributed by atoms with van der Waals surface area (Å²) in [6.07, 6.45) is -2.03. The molecule has 1 aliphatic heterocycles. The maximum atomic E-state index is 13.5.